The van der Waals surface area contributed by atoms with E-state index in [-0.39, 0.29) is 11.1 Å². The zero-order chi connectivity index (χ0) is 15.6. The summed E-state index contributed by atoms with van der Waals surface area (Å²) in [6.45, 7) is 5.56. The number of H-pyrrole nitrogens is 1. The normalized spacial score (nSPS) is 10.4. The summed E-state index contributed by atoms with van der Waals surface area (Å²) in [6.07, 6.45) is 1.64. The third-order valence-corrected chi connectivity index (χ3v) is 3.44. The molecule has 0 bridgehead atoms. The van der Waals surface area contributed by atoms with Crippen LogP contribution in [0, 0.1) is 20.8 Å². The Morgan fingerprint density at radius 1 is 1.19 bits per heavy atom. The van der Waals surface area contributed by atoms with Crippen LogP contribution in [0.15, 0.2) is 18.3 Å². The van der Waals surface area contributed by atoms with Crippen LogP contribution in [0.5, 0.6) is 0 Å². The van der Waals surface area contributed by atoms with E-state index < -0.39 is 11.9 Å². The summed E-state index contributed by atoms with van der Waals surface area (Å²) < 4.78 is 0. The van der Waals surface area contributed by atoms with Gasteiger partial charge in [0, 0.05) is 17.8 Å². The fourth-order valence-corrected chi connectivity index (χ4v) is 2.20. The van der Waals surface area contributed by atoms with Crippen LogP contribution in [0.25, 0.3) is 0 Å². The first-order valence-corrected chi connectivity index (χ1v) is 6.52. The SMILES string of the molecule is Cc1ccc(C)c(C(=O)NCc2cn[nH]c2C)c1C(=O)O. The van der Waals surface area contributed by atoms with Crippen LogP contribution in [0.1, 0.15) is 43.1 Å². The molecule has 1 aromatic carbocycles. The molecule has 0 unspecified atom stereocenters. The molecule has 6 nitrogen and oxygen atoms in total. The molecule has 0 aliphatic carbocycles. The van der Waals surface area contributed by atoms with Crippen molar-refractivity contribution in [1.82, 2.24) is 15.5 Å². The molecule has 0 atom stereocenters. The second-order valence-corrected chi connectivity index (χ2v) is 4.96. The maximum absolute atomic E-state index is 12.3. The van der Waals surface area contributed by atoms with E-state index in [1.807, 2.05) is 6.92 Å². The van der Waals surface area contributed by atoms with Crippen LogP contribution in [0.2, 0.25) is 0 Å². The van der Waals surface area contributed by atoms with Gasteiger partial charge in [0.2, 0.25) is 0 Å². The Hall–Kier alpha value is -2.63. The quantitative estimate of drug-likeness (QED) is 0.801. The van der Waals surface area contributed by atoms with Crippen molar-refractivity contribution in [3.05, 3.63) is 51.8 Å². The van der Waals surface area contributed by atoms with Crippen LogP contribution in [0.3, 0.4) is 0 Å². The van der Waals surface area contributed by atoms with Gasteiger partial charge in [0.25, 0.3) is 5.91 Å². The van der Waals surface area contributed by atoms with Crippen molar-refractivity contribution in [1.29, 1.82) is 0 Å². The monoisotopic (exact) mass is 287 g/mol. The lowest BCUT2D eigenvalue weighted by Gasteiger charge is -2.12. The third kappa shape index (κ3) is 2.94. The Balaban J connectivity index is 2.29. The van der Waals surface area contributed by atoms with Crippen molar-refractivity contribution < 1.29 is 14.7 Å². The molecule has 0 saturated carbocycles. The fourth-order valence-electron chi connectivity index (χ4n) is 2.20. The van der Waals surface area contributed by atoms with Crippen LogP contribution in [-0.4, -0.2) is 27.2 Å². The first-order valence-electron chi connectivity index (χ1n) is 6.52. The smallest absolute Gasteiger partial charge is 0.336 e. The van der Waals surface area contributed by atoms with E-state index >= 15 is 0 Å². The second-order valence-electron chi connectivity index (χ2n) is 4.96. The van der Waals surface area contributed by atoms with Gasteiger partial charge in [-0.3, -0.25) is 9.89 Å². The van der Waals surface area contributed by atoms with Crippen LogP contribution in [-0.2, 0) is 6.54 Å². The van der Waals surface area contributed by atoms with E-state index in [2.05, 4.69) is 15.5 Å². The van der Waals surface area contributed by atoms with Gasteiger partial charge in [0.15, 0.2) is 0 Å². The number of aryl methyl sites for hydroxylation is 3. The summed E-state index contributed by atoms with van der Waals surface area (Å²) in [5.74, 6) is -1.49. The zero-order valence-electron chi connectivity index (χ0n) is 12.2. The second kappa shape index (κ2) is 5.78. The molecule has 6 heteroatoms. The lowest BCUT2D eigenvalue weighted by atomic mass is 9.96. The molecular formula is C15H17N3O3. The maximum atomic E-state index is 12.3. The summed E-state index contributed by atoms with van der Waals surface area (Å²) in [7, 11) is 0. The summed E-state index contributed by atoms with van der Waals surface area (Å²) in [6, 6.07) is 3.45. The van der Waals surface area contributed by atoms with E-state index in [4.69, 9.17) is 0 Å². The number of aromatic nitrogens is 2. The van der Waals surface area contributed by atoms with E-state index in [9.17, 15) is 14.7 Å². The lowest BCUT2D eigenvalue weighted by molar-refractivity contribution is 0.0690. The number of rotatable bonds is 4. The number of amides is 1. The number of carboxylic acid groups (broad SMARTS) is 1. The standard InChI is InChI=1S/C15H17N3O3/c1-8-4-5-9(2)13(15(20)21)12(8)14(19)16-6-11-7-17-18-10(11)3/h4-5,7H,6H2,1-3H3,(H,16,19)(H,17,18)(H,20,21). The minimum atomic E-state index is -1.10. The highest BCUT2D eigenvalue weighted by molar-refractivity contribution is 6.06. The molecule has 0 radical (unpaired) electrons. The number of nitrogens with zero attached hydrogens (tertiary/aromatic N) is 1. The zero-order valence-corrected chi connectivity index (χ0v) is 12.2. The van der Waals surface area contributed by atoms with Crippen LogP contribution < -0.4 is 5.32 Å². The number of aromatic amines is 1. The predicted molar refractivity (Wildman–Crippen MR) is 77.4 cm³/mol. The van der Waals surface area contributed by atoms with Gasteiger partial charge >= 0.3 is 5.97 Å². The van der Waals surface area contributed by atoms with Crippen molar-refractivity contribution in [2.24, 2.45) is 0 Å². The molecule has 3 N–H and O–H groups in total. The van der Waals surface area contributed by atoms with Gasteiger partial charge in [0.05, 0.1) is 17.3 Å². The molecule has 0 aliphatic heterocycles. The Morgan fingerprint density at radius 2 is 1.81 bits per heavy atom. The summed E-state index contributed by atoms with van der Waals surface area (Å²) in [5, 5.41) is 18.7. The van der Waals surface area contributed by atoms with Crippen molar-refractivity contribution in [2.75, 3.05) is 0 Å². The molecule has 2 aromatic rings. The number of carbonyl (C=O) groups is 2. The maximum Gasteiger partial charge on any atom is 0.336 e. The van der Waals surface area contributed by atoms with Gasteiger partial charge in [-0.15, -0.1) is 0 Å². The number of aromatic carboxylic acids is 1. The Labute approximate surface area is 122 Å². The van der Waals surface area contributed by atoms with E-state index in [0.29, 0.717) is 17.7 Å². The Kier molecular flexibility index (Phi) is 4.07. The van der Waals surface area contributed by atoms with E-state index in [1.165, 1.54) is 0 Å². The predicted octanol–water partition coefficient (Wildman–Crippen LogP) is 1.96. The van der Waals surface area contributed by atoms with Gasteiger partial charge in [-0.2, -0.15) is 5.10 Å². The number of benzene rings is 1. The van der Waals surface area contributed by atoms with E-state index in [0.717, 1.165) is 11.3 Å². The third-order valence-electron chi connectivity index (χ3n) is 3.44. The molecule has 0 spiro atoms. The summed E-state index contributed by atoms with van der Waals surface area (Å²) in [5.41, 5.74) is 3.21. The minimum Gasteiger partial charge on any atom is -0.478 e. The van der Waals surface area contributed by atoms with Gasteiger partial charge < -0.3 is 10.4 Å². The minimum absolute atomic E-state index is 0.0522. The average Bonchev–Trinajstić information content (AvgIpc) is 2.83. The van der Waals surface area contributed by atoms with Gasteiger partial charge in [-0.05, 0) is 31.9 Å². The number of hydrogen-bond donors (Lipinski definition) is 3. The lowest BCUT2D eigenvalue weighted by Crippen LogP contribution is -2.26. The van der Waals surface area contributed by atoms with Crippen molar-refractivity contribution in [2.45, 2.75) is 27.3 Å². The molecule has 0 fully saturated rings. The molecule has 0 aliphatic rings. The van der Waals surface area contributed by atoms with Crippen LogP contribution >= 0.6 is 0 Å². The first kappa shape index (κ1) is 14.8. The van der Waals surface area contributed by atoms with Crippen molar-refractivity contribution in [3.8, 4) is 0 Å². The summed E-state index contributed by atoms with van der Waals surface area (Å²) >= 11 is 0. The molecular weight excluding hydrogens is 270 g/mol. The fraction of sp³-hybridized carbons (Fsp3) is 0.267. The number of carbonyl (C=O) groups excluding carboxylic acids is 1. The average molecular weight is 287 g/mol. The highest BCUT2D eigenvalue weighted by Crippen LogP contribution is 2.19. The summed E-state index contributed by atoms with van der Waals surface area (Å²) in [4.78, 5) is 23.7. The number of carboxylic acids is 1. The topological polar surface area (TPSA) is 95.1 Å². The highest BCUT2D eigenvalue weighted by atomic mass is 16.4. The van der Waals surface area contributed by atoms with E-state index in [1.54, 1.807) is 32.2 Å². The molecule has 110 valence electrons. The Bertz CT molecular complexity index is 704. The van der Waals surface area contributed by atoms with Crippen molar-refractivity contribution in [3.63, 3.8) is 0 Å². The van der Waals surface area contributed by atoms with Crippen molar-refractivity contribution >= 4 is 11.9 Å². The Morgan fingerprint density at radius 3 is 2.33 bits per heavy atom. The number of nitrogens with one attached hydrogen (secondary N) is 2. The molecule has 1 heterocycles. The van der Waals surface area contributed by atoms with Crippen LogP contribution in [0.4, 0.5) is 0 Å². The molecule has 0 saturated heterocycles. The molecule has 2 rings (SSSR count). The molecule has 1 amide bonds. The highest BCUT2D eigenvalue weighted by Gasteiger charge is 2.21. The van der Waals surface area contributed by atoms with Gasteiger partial charge in [-0.25, -0.2) is 4.79 Å². The largest absolute Gasteiger partial charge is 0.478 e. The van der Waals surface area contributed by atoms with Gasteiger partial charge in [0.1, 0.15) is 0 Å². The first-order chi connectivity index (χ1) is 9.91. The number of hydrogen-bond acceptors (Lipinski definition) is 3. The molecule has 21 heavy (non-hydrogen) atoms. The molecule has 1 aromatic heterocycles. The van der Waals surface area contributed by atoms with Gasteiger partial charge in [-0.1, -0.05) is 12.1 Å².